The Morgan fingerprint density at radius 3 is 1.12 bits per heavy atom. The molecule has 0 atom stereocenters. The molecule has 0 aliphatic carbocycles. The molecule has 0 aliphatic heterocycles. The molecule has 7 nitrogen and oxygen atoms in total. The van der Waals surface area contributed by atoms with E-state index in [0.717, 1.165) is 0 Å². The summed E-state index contributed by atoms with van der Waals surface area (Å²) in [6.45, 7) is 0. The lowest BCUT2D eigenvalue weighted by Crippen LogP contribution is -2.19. The van der Waals surface area contributed by atoms with Crippen LogP contribution in [0.4, 0.5) is 0 Å². The van der Waals surface area contributed by atoms with Crippen molar-refractivity contribution in [2.24, 2.45) is 17.2 Å². The van der Waals surface area contributed by atoms with Gasteiger partial charge >= 0.3 is 0 Å². The lowest BCUT2D eigenvalue weighted by Gasteiger charge is -2.16. The first-order valence-corrected chi connectivity index (χ1v) is 7.43. The second-order valence-corrected chi connectivity index (χ2v) is 7.34. The molecular formula is C9H18N3O4P. The van der Waals surface area contributed by atoms with E-state index in [1.54, 1.807) is 0 Å². The van der Waals surface area contributed by atoms with E-state index in [4.69, 9.17) is 17.2 Å². The van der Waals surface area contributed by atoms with E-state index in [9.17, 15) is 18.9 Å². The van der Waals surface area contributed by atoms with Crippen molar-refractivity contribution < 1.29 is 18.9 Å². The fourth-order valence-corrected chi connectivity index (χ4v) is 3.83. The van der Waals surface area contributed by atoms with E-state index >= 15 is 0 Å². The van der Waals surface area contributed by atoms with E-state index < -0.39 is 24.9 Å². The van der Waals surface area contributed by atoms with Crippen molar-refractivity contribution in [3.63, 3.8) is 0 Å². The maximum atomic E-state index is 12.3. The summed E-state index contributed by atoms with van der Waals surface area (Å²) < 4.78 is 12.3. The Hall–Kier alpha value is -1.36. The Labute approximate surface area is 99.5 Å². The first-order valence-electron chi connectivity index (χ1n) is 5.17. The van der Waals surface area contributed by atoms with Crippen LogP contribution in [0.5, 0.6) is 0 Å². The van der Waals surface area contributed by atoms with Crippen LogP contribution < -0.4 is 17.2 Å². The normalized spacial score (nSPS) is 11.1. The summed E-state index contributed by atoms with van der Waals surface area (Å²) >= 11 is 0. The molecule has 0 rings (SSSR count). The van der Waals surface area contributed by atoms with Crippen molar-refractivity contribution in [3.8, 4) is 0 Å². The Morgan fingerprint density at radius 1 is 0.706 bits per heavy atom. The average Bonchev–Trinajstić information content (AvgIpc) is 2.21. The van der Waals surface area contributed by atoms with Gasteiger partial charge in [-0.05, 0) is 0 Å². The molecular weight excluding hydrogens is 245 g/mol. The van der Waals surface area contributed by atoms with Crippen molar-refractivity contribution in [1.82, 2.24) is 0 Å². The second kappa shape index (κ2) is 7.06. The summed E-state index contributed by atoms with van der Waals surface area (Å²) in [5.74, 6) is -1.70. The fourth-order valence-electron chi connectivity index (χ4n) is 1.28. The van der Waals surface area contributed by atoms with Crippen LogP contribution in [0.1, 0.15) is 19.3 Å². The summed E-state index contributed by atoms with van der Waals surface area (Å²) in [6, 6.07) is 0. The smallest absolute Gasteiger partial charge is 0.217 e. The molecule has 0 aliphatic rings. The quantitative estimate of drug-likeness (QED) is 0.456. The summed E-state index contributed by atoms with van der Waals surface area (Å²) in [4.78, 5) is 31.9. The fraction of sp³-hybridized carbons (Fsp3) is 0.667. The van der Waals surface area contributed by atoms with E-state index in [-0.39, 0.29) is 37.7 Å². The Bertz CT molecular complexity index is 304. The molecule has 0 aromatic carbocycles. The van der Waals surface area contributed by atoms with Gasteiger partial charge in [0.2, 0.25) is 17.7 Å². The Morgan fingerprint density at radius 2 is 0.941 bits per heavy atom. The monoisotopic (exact) mass is 263 g/mol. The first kappa shape index (κ1) is 15.6. The van der Waals surface area contributed by atoms with Crippen LogP contribution in [0, 0.1) is 0 Å². The number of carbonyl (C=O) groups is 3. The van der Waals surface area contributed by atoms with Crippen LogP contribution in [-0.4, -0.2) is 36.2 Å². The summed E-state index contributed by atoms with van der Waals surface area (Å²) in [6.07, 6.45) is 0.160. The number of hydrogen-bond donors (Lipinski definition) is 3. The molecule has 0 spiro atoms. The summed E-state index contributed by atoms with van der Waals surface area (Å²) in [5, 5.41) is 0. The molecule has 0 saturated heterocycles. The number of amides is 3. The van der Waals surface area contributed by atoms with Gasteiger partial charge in [-0.3, -0.25) is 14.4 Å². The molecule has 0 aromatic rings. The molecule has 0 heterocycles. The van der Waals surface area contributed by atoms with E-state index in [0.29, 0.717) is 0 Å². The summed E-state index contributed by atoms with van der Waals surface area (Å²) in [5.41, 5.74) is 14.9. The largest absolute Gasteiger partial charge is 0.370 e. The standard InChI is InChI=1S/C9H18N3O4P/c10-7(13)1-4-17(16,5-2-8(11)14)6-3-9(12)15/h1-6H2,(H2,10,13)(H2,11,14)(H2,12,15). The van der Waals surface area contributed by atoms with Gasteiger partial charge in [-0.25, -0.2) is 0 Å². The lowest BCUT2D eigenvalue weighted by molar-refractivity contribution is -0.118. The number of primary amides is 3. The zero-order valence-electron chi connectivity index (χ0n) is 9.55. The highest BCUT2D eigenvalue weighted by Crippen LogP contribution is 2.47. The highest BCUT2D eigenvalue weighted by Gasteiger charge is 2.23. The van der Waals surface area contributed by atoms with Crippen LogP contribution in [0.25, 0.3) is 0 Å². The topological polar surface area (TPSA) is 146 Å². The Kier molecular flexibility index (Phi) is 6.50. The zero-order chi connectivity index (χ0) is 13.5. The third kappa shape index (κ3) is 8.45. The molecule has 0 radical (unpaired) electrons. The lowest BCUT2D eigenvalue weighted by atomic mass is 10.5. The van der Waals surface area contributed by atoms with Crippen LogP contribution in [0.15, 0.2) is 0 Å². The second-order valence-electron chi connectivity index (χ2n) is 3.88. The molecule has 3 amide bonds. The van der Waals surface area contributed by atoms with Crippen LogP contribution in [0.3, 0.4) is 0 Å². The SMILES string of the molecule is NC(=O)CCP(=O)(CCC(N)=O)CCC(N)=O. The van der Waals surface area contributed by atoms with Gasteiger partial charge in [0, 0.05) is 37.7 Å². The van der Waals surface area contributed by atoms with E-state index in [1.165, 1.54) is 0 Å². The molecule has 0 saturated carbocycles. The van der Waals surface area contributed by atoms with Gasteiger partial charge < -0.3 is 21.8 Å². The predicted molar refractivity (Wildman–Crippen MR) is 63.6 cm³/mol. The third-order valence-corrected chi connectivity index (χ3v) is 5.41. The van der Waals surface area contributed by atoms with Crippen molar-refractivity contribution in [3.05, 3.63) is 0 Å². The van der Waals surface area contributed by atoms with Crippen LogP contribution in [0.2, 0.25) is 0 Å². The van der Waals surface area contributed by atoms with Gasteiger partial charge in [0.1, 0.15) is 0 Å². The van der Waals surface area contributed by atoms with Gasteiger partial charge in [0.15, 0.2) is 0 Å². The maximum Gasteiger partial charge on any atom is 0.217 e. The number of carbonyl (C=O) groups excluding carboxylic acids is 3. The van der Waals surface area contributed by atoms with Crippen molar-refractivity contribution in [2.75, 3.05) is 18.5 Å². The molecule has 0 fully saturated rings. The summed E-state index contributed by atoms with van der Waals surface area (Å²) in [7, 11) is -2.78. The van der Waals surface area contributed by atoms with Crippen molar-refractivity contribution in [2.45, 2.75) is 19.3 Å². The number of hydrogen-bond acceptors (Lipinski definition) is 4. The zero-order valence-corrected chi connectivity index (χ0v) is 10.4. The van der Waals surface area contributed by atoms with Crippen molar-refractivity contribution in [1.29, 1.82) is 0 Å². The highest BCUT2D eigenvalue weighted by molar-refractivity contribution is 7.64. The molecule has 0 unspecified atom stereocenters. The molecule has 6 N–H and O–H groups in total. The third-order valence-electron chi connectivity index (χ3n) is 2.30. The maximum absolute atomic E-state index is 12.3. The number of nitrogens with two attached hydrogens (primary N) is 3. The molecule has 98 valence electrons. The first-order chi connectivity index (χ1) is 7.75. The minimum absolute atomic E-state index is 0.0329. The minimum atomic E-state index is -2.78. The highest BCUT2D eigenvalue weighted by atomic mass is 31.2. The van der Waals surface area contributed by atoms with Crippen LogP contribution in [-0.2, 0) is 18.9 Å². The minimum Gasteiger partial charge on any atom is -0.370 e. The molecule has 8 heteroatoms. The van der Waals surface area contributed by atoms with E-state index in [1.807, 2.05) is 0 Å². The number of rotatable bonds is 9. The molecule has 0 bridgehead atoms. The van der Waals surface area contributed by atoms with Gasteiger partial charge in [-0.15, -0.1) is 0 Å². The average molecular weight is 263 g/mol. The van der Waals surface area contributed by atoms with Gasteiger partial charge in [-0.1, -0.05) is 0 Å². The van der Waals surface area contributed by atoms with E-state index in [2.05, 4.69) is 0 Å². The molecule has 0 aromatic heterocycles. The van der Waals surface area contributed by atoms with Crippen molar-refractivity contribution >= 4 is 24.9 Å². The van der Waals surface area contributed by atoms with Gasteiger partial charge in [-0.2, -0.15) is 0 Å². The van der Waals surface area contributed by atoms with Gasteiger partial charge in [0.05, 0.1) is 7.14 Å². The predicted octanol–water partition coefficient (Wildman–Crippen LogP) is -1.02. The Balaban J connectivity index is 4.44. The molecule has 17 heavy (non-hydrogen) atoms. The van der Waals surface area contributed by atoms with Gasteiger partial charge in [0.25, 0.3) is 0 Å². The van der Waals surface area contributed by atoms with Crippen LogP contribution >= 0.6 is 7.14 Å².